The zero-order valence-corrected chi connectivity index (χ0v) is 12.9. The Morgan fingerprint density at radius 1 is 1.27 bits per heavy atom. The summed E-state index contributed by atoms with van der Waals surface area (Å²) in [6.45, 7) is 0.600. The first-order chi connectivity index (χ1) is 10.7. The van der Waals surface area contributed by atoms with Crippen LogP contribution in [0.5, 0.6) is 0 Å². The molecule has 3 N–H and O–H groups in total. The van der Waals surface area contributed by atoms with Crippen molar-refractivity contribution >= 4 is 5.91 Å². The molecule has 0 aliphatic heterocycles. The number of carbonyl (C=O) groups is 1. The summed E-state index contributed by atoms with van der Waals surface area (Å²) in [7, 11) is 0. The van der Waals surface area contributed by atoms with E-state index in [-0.39, 0.29) is 0 Å². The first kappa shape index (κ1) is 16.9. The van der Waals surface area contributed by atoms with Crippen molar-refractivity contribution in [1.82, 2.24) is 10.3 Å². The van der Waals surface area contributed by atoms with Crippen LogP contribution in [0.15, 0.2) is 24.4 Å². The van der Waals surface area contributed by atoms with Gasteiger partial charge in [0.1, 0.15) is 0 Å². The number of hydrogen-bond acceptors (Lipinski definition) is 4. The van der Waals surface area contributed by atoms with Crippen LogP contribution in [0.25, 0.3) is 0 Å². The number of aliphatic hydroxyl groups excluding tert-OH is 2. The van der Waals surface area contributed by atoms with Crippen molar-refractivity contribution in [2.75, 3.05) is 6.54 Å². The summed E-state index contributed by atoms with van der Waals surface area (Å²) in [6.07, 6.45) is 6.10. The largest absolute Gasteiger partial charge is 0.390 e. The van der Waals surface area contributed by atoms with Crippen LogP contribution in [0.2, 0.25) is 0 Å². The predicted molar refractivity (Wildman–Crippen MR) is 84.2 cm³/mol. The number of aliphatic hydroxyl groups is 2. The fourth-order valence-electron chi connectivity index (χ4n) is 2.92. The van der Waals surface area contributed by atoms with E-state index < -0.39 is 18.1 Å². The quantitative estimate of drug-likeness (QED) is 0.712. The summed E-state index contributed by atoms with van der Waals surface area (Å²) in [4.78, 5) is 16.1. The Balaban J connectivity index is 1.69. The second kappa shape index (κ2) is 8.86. The Kier molecular flexibility index (Phi) is 6.80. The van der Waals surface area contributed by atoms with Gasteiger partial charge in [0.25, 0.3) is 5.91 Å². The van der Waals surface area contributed by atoms with Crippen LogP contribution in [-0.2, 0) is 11.2 Å². The topological polar surface area (TPSA) is 82.5 Å². The van der Waals surface area contributed by atoms with E-state index in [1.54, 1.807) is 6.20 Å². The molecule has 5 heteroatoms. The van der Waals surface area contributed by atoms with Gasteiger partial charge in [-0.3, -0.25) is 9.78 Å². The molecule has 0 unspecified atom stereocenters. The molecule has 1 aliphatic carbocycles. The van der Waals surface area contributed by atoms with Gasteiger partial charge in [-0.25, -0.2) is 0 Å². The minimum atomic E-state index is -1.37. The van der Waals surface area contributed by atoms with Crippen LogP contribution in [0.1, 0.15) is 44.2 Å². The number of amides is 1. The summed E-state index contributed by atoms with van der Waals surface area (Å²) in [5, 5.41) is 22.6. The molecule has 1 aromatic heterocycles. The highest BCUT2D eigenvalue weighted by Gasteiger charge is 2.25. The van der Waals surface area contributed by atoms with E-state index in [2.05, 4.69) is 10.3 Å². The van der Waals surface area contributed by atoms with Crippen LogP contribution < -0.4 is 5.32 Å². The number of carbonyl (C=O) groups excluding carboxylic acids is 1. The molecule has 1 amide bonds. The maximum absolute atomic E-state index is 11.9. The minimum absolute atomic E-state index is 0.315. The van der Waals surface area contributed by atoms with Crippen molar-refractivity contribution in [3.8, 4) is 0 Å². The highest BCUT2D eigenvalue weighted by molar-refractivity contribution is 5.81. The molecule has 1 saturated carbocycles. The van der Waals surface area contributed by atoms with Gasteiger partial charge in [0.15, 0.2) is 6.10 Å². The van der Waals surface area contributed by atoms with E-state index in [1.807, 2.05) is 18.2 Å². The van der Waals surface area contributed by atoms with E-state index >= 15 is 0 Å². The fraction of sp³-hybridized carbons (Fsp3) is 0.647. The van der Waals surface area contributed by atoms with Crippen LogP contribution in [0.3, 0.4) is 0 Å². The zero-order chi connectivity index (χ0) is 15.8. The standard InChI is InChI=1S/C17H26N2O3/c20-15(10-9-14-8-4-5-11-18-14)16(21)17(22)19-12-13-6-2-1-3-7-13/h4-5,8,11,13,15-16,20-21H,1-3,6-7,9-10,12H2,(H,19,22)/t15-,16+/m0/s1. The van der Waals surface area contributed by atoms with Crippen LogP contribution >= 0.6 is 0 Å². The smallest absolute Gasteiger partial charge is 0.251 e. The lowest BCUT2D eigenvalue weighted by Crippen LogP contribution is -2.44. The number of nitrogens with zero attached hydrogens (tertiary/aromatic N) is 1. The predicted octanol–water partition coefficient (Wildman–Crippen LogP) is 1.43. The normalized spacial score (nSPS) is 18.6. The third kappa shape index (κ3) is 5.39. The number of aryl methyl sites for hydroxylation is 1. The third-order valence-electron chi connectivity index (χ3n) is 4.35. The summed E-state index contributed by atoms with van der Waals surface area (Å²) in [6, 6.07) is 5.57. The second-order valence-corrected chi connectivity index (χ2v) is 6.12. The molecule has 5 nitrogen and oxygen atoms in total. The van der Waals surface area contributed by atoms with Crippen molar-refractivity contribution in [3.05, 3.63) is 30.1 Å². The first-order valence-electron chi connectivity index (χ1n) is 8.20. The molecule has 22 heavy (non-hydrogen) atoms. The number of aromatic nitrogens is 1. The van der Waals surface area contributed by atoms with Gasteiger partial charge in [-0.15, -0.1) is 0 Å². The molecule has 0 spiro atoms. The second-order valence-electron chi connectivity index (χ2n) is 6.12. The molecular formula is C17H26N2O3. The number of nitrogens with one attached hydrogen (secondary N) is 1. The monoisotopic (exact) mass is 306 g/mol. The van der Waals surface area contributed by atoms with Gasteiger partial charge in [0, 0.05) is 18.4 Å². The summed E-state index contributed by atoms with van der Waals surface area (Å²) < 4.78 is 0. The number of pyridine rings is 1. The average Bonchev–Trinajstić information content (AvgIpc) is 2.58. The molecule has 0 saturated heterocycles. The third-order valence-corrected chi connectivity index (χ3v) is 4.35. The lowest BCUT2D eigenvalue weighted by Gasteiger charge is -2.23. The Morgan fingerprint density at radius 2 is 2.05 bits per heavy atom. The van der Waals surface area contributed by atoms with E-state index in [0.29, 0.717) is 25.3 Å². The lowest BCUT2D eigenvalue weighted by molar-refractivity contribution is -0.135. The number of hydrogen-bond donors (Lipinski definition) is 3. The fourth-order valence-corrected chi connectivity index (χ4v) is 2.92. The van der Waals surface area contributed by atoms with Gasteiger partial charge in [-0.05, 0) is 43.7 Å². The van der Waals surface area contributed by atoms with Gasteiger partial charge in [-0.2, -0.15) is 0 Å². The molecular weight excluding hydrogens is 280 g/mol. The van der Waals surface area contributed by atoms with Crippen molar-refractivity contribution in [2.24, 2.45) is 5.92 Å². The molecule has 2 atom stereocenters. The lowest BCUT2D eigenvalue weighted by atomic mass is 9.89. The maximum atomic E-state index is 11.9. The molecule has 0 bridgehead atoms. The van der Waals surface area contributed by atoms with Gasteiger partial charge in [-0.1, -0.05) is 25.3 Å². The molecule has 2 rings (SSSR count). The van der Waals surface area contributed by atoms with E-state index in [0.717, 1.165) is 18.5 Å². The molecule has 1 heterocycles. The zero-order valence-electron chi connectivity index (χ0n) is 12.9. The van der Waals surface area contributed by atoms with E-state index in [4.69, 9.17) is 0 Å². The Labute approximate surface area is 131 Å². The van der Waals surface area contributed by atoms with Crippen molar-refractivity contribution in [3.63, 3.8) is 0 Å². The molecule has 1 aromatic rings. The van der Waals surface area contributed by atoms with Crippen LogP contribution in [0, 0.1) is 5.92 Å². The summed E-state index contributed by atoms with van der Waals surface area (Å²) in [5.41, 5.74) is 0.844. The van der Waals surface area contributed by atoms with Crippen LogP contribution in [0.4, 0.5) is 0 Å². The van der Waals surface area contributed by atoms with Gasteiger partial charge < -0.3 is 15.5 Å². The van der Waals surface area contributed by atoms with E-state index in [9.17, 15) is 15.0 Å². The highest BCUT2D eigenvalue weighted by Crippen LogP contribution is 2.22. The Hall–Kier alpha value is -1.46. The van der Waals surface area contributed by atoms with E-state index in [1.165, 1.54) is 19.3 Å². The molecule has 1 aliphatic rings. The highest BCUT2D eigenvalue weighted by atomic mass is 16.3. The van der Waals surface area contributed by atoms with Gasteiger partial charge >= 0.3 is 0 Å². The van der Waals surface area contributed by atoms with Gasteiger partial charge in [0.2, 0.25) is 0 Å². The van der Waals surface area contributed by atoms with Crippen LogP contribution in [-0.4, -0.2) is 39.9 Å². The van der Waals surface area contributed by atoms with Gasteiger partial charge in [0.05, 0.1) is 6.10 Å². The van der Waals surface area contributed by atoms with Crippen molar-refractivity contribution in [1.29, 1.82) is 0 Å². The molecule has 0 aromatic carbocycles. The molecule has 0 radical (unpaired) electrons. The summed E-state index contributed by atoms with van der Waals surface area (Å²) in [5.74, 6) is 0.0367. The molecule has 1 fully saturated rings. The Morgan fingerprint density at radius 3 is 2.73 bits per heavy atom. The SMILES string of the molecule is O=C(NCC1CCCCC1)[C@H](O)[C@@H](O)CCc1ccccn1. The van der Waals surface area contributed by atoms with Crippen molar-refractivity contribution in [2.45, 2.75) is 57.2 Å². The first-order valence-corrected chi connectivity index (χ1v) is 8.20. The summed E-state index contributed by atoms with van der Waals surface area (Å²) >= 11 is 0. The number of rotatable bonds is 7. The van der Waals surface area contributed by atoms with Crippen molar-refractivity contribution < 1.29 is 15.0 Å². The maximum Gasteiger partial charge on any atom is 0.251 e. The average molecular weight is 306 g/mol. The molecule has 122 valence electrons. The Bertz CT molecular complexity index is 446. The minimum Gasteiger partial charge on any atom is -0.390 e.